The lowest BCUT2D eigenvalue weighted by molar-refractivity contribution is 0.353. The summed E-state index contributed by atoms with van der Waals surface area (Å²) in [7, 11) is 0. The van der Waals surface area contributed by atoms with Crippen molar-refractivity contribution in [3.63, 3.8) is 0 Å². The summed E-state index contributed by atoms with van der Waals surface area (Å²) in [5.41, 5.74) is 13.6. The number of thiophene rings is 1. The Hall–Kier alpha value is -6.23. The number of benzene rings is 7. The van der Waals surface area contributed by atoms with Gasteiger partial charge < -0.3 is 0 Å². The second-order valence-electron chi connectivity index (χ2n) is 15.1. The van der Waals surface area contributed by atoms with Crippen LogP contribution in [0.5, 0.6) is 0 Å². The standard InChI is InChI=1S/C51H37N3S/c1-4-13-33(14-5-1)34-21-23-36(24-22-34)49-52-48(35-15-6-2-7-16-35)53-50(54-49)39-18-12-17-37(29-39)38-25-26-44-41(30-38)42-32-47-43(40-19-8-9-20-46(40)55-47)31-45(42)51(44)27-10-3-11-28-51/h1-2,4-9,12-26,29-32H,3,10-11,27-28H2. The number of fused-ring (bicyclic) bond motifs is 8. The lowest BCUT2D eigenvalue weighted by Crippen LogP contribution is -2.28. The molecule has 0 saturated heterocycles. The van der Waals surface area contributed by atoms with E-state index >= 15 is 0 Å². The van der Waals surface area contributed by atoms with Crippen LogP contribution in [-0.4, -0.2) is 15.0 Å². The third kappa shape index (κ3) is 5.43. The molecule has 262 valence electrons. The Morgan fingerprint density at radius 2 is 0.909 bits per heavy atom. The van der Waals surface area contributed by atoms with E-state index in [1.54, 1.807) is 0 Å². The predicted octanol–water partition coefficient (Wildman–Crippen LogP) is 13.8. The Morgan fingerprint density at radius 3 is 1.67 bits per heavy atom. The quantitative estimate of drug-likeness (QED) is 0.177. The summed E-state index contributed by atoms with van der Waals surface area (Å²) in [5.74, 6) is 1.99. The molecule has 11 rings (SSSR count). The van der Waals surface area contributed by atoms with E-state index in [1.807, 2.05) is 35.6 Å². The molecule has 0 bridgehead atoms. The van der Waals surface area contributed by atoms with Crippen molar-refractivity contribution in [1.82, 2.24) is 15.0 Å². The zero-order chi connectivity index (χ0) is 36.3. The van der Waals surface area contributed by atoms with Gasteiger partial charge in [0.15, 0.2) is 17.5 Å². The SMILES string of the molecule is c1ccc(-c2ccc(-c3nc(-c4ccccc4)nc(-c4cccc(-c5ccc6c(c5)-c5cc7sc8ccccc8c7cc5C65CCCCC5)c4)n3)cc2)cc1. The Bertz CT molecular complexity index is 2890. The van der Waals surface area contributed by atoms with Crippen LogP contribution >= 0.6 is 11.3 Å². The Kier molecular flexibility index (Phi) is 7.60. The van der Waals surface area contributed by atoms with Gasteiger partial charge in [0.05, 0.1) is 0 Å². The van der Waals surface area contributed by atoms with Crippen molar-refractivity contribution in [3.05, 3.63) is 175 Å². The summed E-state index contributed by atoms with van der Waals surface area (Å²) < 4.78 is 2.74. The van der Waals surface area contributed by atoms with Crippen LogP contribution in [0.25, 0.3) is 87.7 Å². The van der Waals surface area contributed by atoms with Crippen LogP contribution in [0.15, 0.2) is 164 Å². The van der Waals surface area contributed by atoms with E-state index in [4.69, 9.17) is 15.0 Å². The van der Waals surface area contributed by atoms with Crippen molar-refractivity contribution >= 4 is 31.5 Å². The van der Waals surface area contributed by atoms with Crippen molar-refractivity contribution in [2.45, 2.75) is 37.5 Å². The molecule has 9 aromatic rings. The summed E-state index contributed by atoms with van der Waals surface area (Å²) in [6.07, 6.45) is 6.32. The first-order valence-corrected chi connectivity index (χ1v) is 20.2. The maximum absolute atomic E-state index is 5.11. The monoisotopic (exact) mass is 723 g/mol. The maximum Gasteiger partial charge on any atom is 0.164 e. The molecule has 3 nitrogen and oxygen atoms in total. The molecule has 1 fully saturated rings. The van der Waals surface area contributed by atoms with Gasteiger partial charge in [-0.3, -0.25) is 0 Å². The minimum Gasteiger partial charge on any atom is -0.208 e. The van der Waals surface area contributed by atoms with Crippen molar-refractivity contribution < 1.29 is 0 Å². The third-order valence-corrected chi connectivity index (χ3v) is 13.1. The third-order valence-electron chi connectivity index (χ3n) is 11.9. The van der Waals surface area contributed by atoms with E-state index in [1.165, 1.54) is 85.7 Å². The molecule has 2 aliphatic rings. The average molecular weight is 724 g/mol. The zero-order valence-electron chi connectivity index (χ0n) is 30.4. The largest absolute Gasteiger partial charge is 0.208 e. The second kappa shape index (κ2) is 13.0. The van der Waals surface area contributed by atoms with E-state index in [2.05, 4.69) is 140 Å². The van der Waals surface area contributed by atoms with E-state index in [0.717, 1.165) is 27.8 Å². The van der Waals surface area contributed by atoms with Gasteiger partial charge in [-0.2, -0.15) is 0 Å². The number of rotatable bonds is 5. The van der Waals surface area contributed by atoms with Crippen molar-refractivity contribution in [2.24, 2.45) is 0 Å². The molecule has 0 aliphatic heterocycles. The molecule has 1 spiro atoms. The van der Waals surface area contributed by atoms with Gasteiger partial charge in [0, 0.05) is 42.3 Å². The summed E-state index contributed by atoms with van der Waals surface area (Å²) in [6.45, 7) is 0. The highest BCUT2D eigenvalue weighted by atomic mass is 32.1. The van der Waals surface area contributed by atoms with Gasteiger partial charge in [-0.05, 0) is 87.7 Å². The first kappa shape index (κ1) is 32.2. The van der Waals surface area contributed by atoms with Crippen LogP contribution in [0.4, 0.5) is 0 Å². The number of hydrogen-bond donors (Lipinski definition) is 0. The minimum atomic E-state index is 0.0922. The molecule has 7 aromatic carbocycles. The second-order valence-corrected chi connectivity index (χ2v) is 16.2. The fourth-order valence-electron chi connectivity index (χ4n) is 9.22. The lowest BCUT2D eigenvalue weighted by Gasteiger charge is -2.36. The van der Waals surface area contributed by atoms with Gasteiger partial charge in [0.25, 0.3) is 0 Å². The van der Waals surface area contributed by atoms with Gasteiger partial charge in [0.1, 0.15) is 0 Å². The van der Waals surface area contributed by atoms with Gasteiger partial charge in [-0.15, -0.1) is 11.3 Å². The van der Waals surface area contributed by atoms with Crippen molar-refractivity contribution in [2.75, 3.05) is 0 Å². The molecule has 0 N–H and O–H groups in total. The predicted molar refractivity (Wildman–Crippen MR) is 229 cm³/mol. The molecule has 1 saturated carbocycles. The number of aromatic nitrogens is 3. The average Bonchev–Trinajstić information content (AvgIpc) is 3.75. The molecular formula is C51H37N3S. The van der Waals surface area contributed by atoms with Crippen molar-refractivity contribution in [3.8, 4) is 67.5 Å². The Labute approximate surface area is 325 Å². The van der Waals surface area contributed by atoms with Gasteiger partial charge in [0.2, 0.25) is 0 Å². The molecule has 0 atom stereocenters. The van der Waals surface area contributed by atoms with Crippen LogP contribution in [0.1, 0.15) is 43.2 Å². The molecule has 4 heteroatoms. The highest BCUT2D eigenvalue weighted by molar-refractivity contribution is 7.25. The molecule has 2 aromatic heterocycles. The van der Waals surface area contributed by atoms with E-state index in [9.17, 15) is 0 Å². The number of hydrogen-bond acceptors (Lipinski definition) is 4. The molecule has 0 radical (unpaired) electrons. The fourth-order valence-corrected chi connectivity index (χ4v) is 10.4. The van der Waals surface area contributed by atoms with Crippen LogP contribution in [0.3, 0.4) is 0 Å². The van der Waals surface area contributed by atoms with Crippen LogP contribution in [0, 0.1) is 0 Å². The molecule has 55 heavy (non-hydrogen) atoms. The summed E-state index contributed by atoms with van der Waals surface area (Å²) in [5, 5.41) is 2.79. The molecule has 2 aliphatic carbocycles. The van der Waals surface area contributed by atoms with E-state index in [0.29, 0.717) is 17.5 Å². The zero-order valence-corrected chi connectivity index (χ0v) is 31.2. The van der Waals surface area contributed by atoms with E-state index < -0.39 is 0 Å². The van der Waals surface area contributed by atoms with Gasteiger partial charge >= 0.3 is 0 Å². The molecule has 0 unspecified atom stereocenters. The summed E-state index contributed by atoms with van der Waals surface area (Å²) in [6, 6.07) is 59.1. The summed E-state index contributed by atoms with van der Waals surface area (Å²) in [4.78, 5) is 15.2. The first-order chi connectivity index (χ1) is 27.2. The van der Waals surface area contributed by atoms with Crippen LogP contribution in [0.2, 0.25) is 0 Å². The smallest absolute Gasteiger partial charge is 0.164 e. The molecular weight excluding hydrogens is 687 g/mol. The maximum atomic E-state index is 5.11. The fraction of sp³-hybridized carbons (Fsp3) is 0.118. The summed E-state index contributed by atoms with van der Waals surface area (Å²) >= 11 is 1.92. The Balaban J connectivity index is 1.02. The normalized spacial score (nSPS) is 14.3. The Morgan fingerprint density at radius 1 is 0.364 bits per heavy atom. The first-order valence-electron chi connectivity index (χ1n) is 19.4. The van der Waals surface area contributed by atoms with E-state index in [-0.39, 0.29) is 5.41 Å². The lowest BCUT2D eigenvalue weighted by atomic mass is 9.67. The van der Waals surface area contributed by atoms with Crippen LogP contribution in [-0.2, 0) is 5.41 Å². The van der Waals surface area contributed by atoms with Gasteiger partial charge in [-0.25, -0.2) is 15.0 Å². The molecule has 2 heterocycles. The highest BCUT2D eigenvalue weighted by Crippen LogP contribution is 2.58. The van der Waals surface area contributed by atoms with Crippen LogP contribution < -0.4 is 0 Å². The number of nitrogens with zero attached hydrogens (tertiary/aromatic N) is 3. The molecule has 0 amide bonds. The highest BCUT2D eigenvalue weighted by Gasteiger charge is 2.44. The van der Waals surface area contributed by atoms with Crippen molar-refractivity contribution in [1.29, 1.82) is 0 Å². The minimum absolute atomic E-state index is 0.0922. The topological polar surface area (TPSA) is 38.7 Å². The van der Waals surface area contributed by atoms with Gasteiger partial charge in [-0.1, -0.05) is 153 Å².